The first-order chi connectivity index (χ1) is 8.24. The van der Waals surface area contributed by atoms with E-state index >= 15 is 0 Å². The second kappa shape index (κ2) is 5.89. The van der Waals surface area contributed by atoms with Crippen LogP contribution in [0.1, 0.15) is 11.1 Å². The molecule has 1 aromatic rings. The van der Waals surface area contributed by atoms with Crippen LogP contribution in [-0.4, -0.2) is 29.5 Å². The van der Waals surface area contributed by atoms with Crippen LogP contribution in [0.3, 0.4) is 0 Å². The second-order valence-corrected chi connectivity index (χ2v) is 5.17. The van der Waals surface area contributed by atoms with Gasteiger partial charge in [-0.1, -0.05) is 24.3 Å². The Hall–Kier alpha value is -1.26. The monoisotopic (exact) mass is 250 g/mol. The average molecular weight is 250 g/mol. The molecule has 1 aromatic carbocycles. The van der Waals surface area contributed by atoms with Crippen molar-refractivity contribution in [1.82, 2.24) is 0 Å². The molecule has 0 unspecified atom stereocenters. The van der Waals surface area contributed by atoms with Crippen molar-refractivity contribution in [3.8, 4) is 0 Å². The summed E-state index contributed by atoms with van der Waals surface area (Å²) in [5.41, 5.74) is 2.17. The van der Waals surface area contributed by atoms with Crippen LogP contribution >= 0.6 is 11.8 Å². The van der Waals surface area contributed by atoms with Crippen LogP contribution in [0.15, 0.2) is 30.3 Å². The van der Waals surface area contributed by atoms with Crippen molar-refractivity contribution < 1.29 is 14.6 Å². The Morgan fingerprint density at radius 3 is 2.65 bits per heavy atom. The molecule has 17 heavy (non-hydrogen) atoms. The van der Waals surface area contributed by atoms with Gasteiger partial charge in [-0.3, -0.25) is 0 Å². The van der Waals surface area contributed by atoms with E-state index in [1.54, 1.807) is 6.08 Å². The van der Waals surface area contributed by atoms with Crippen molar-refractivity contribution in [3.63, 3.8) is 0 Å². The topological polar surface area (TPSA) is 46.5 Å². The lowest BCUT2D eigenvalue weighted by Crippen LogP contribution is -2.30. The Kier molecular flexibility index (Phi) is 4.23. The number of aliphatic carboxylic acids is 1. The molecule has 0 aliphatic carbocycles. The summed E-state index contributed by atoms with van der Waals surface area (Å²) >= 11 is 1.90. The molecule has 0 saturated carbocycles. The van der Waals surface area contributed by atoms with E-state index in [1.165, 1.54) is 5.56 Å². The zero-order valence-corrected chi connectivity index (χ0v) is 10.2. The van der Waals surface area contributed by atoms with Gasteiger partial charge in [-0.15, -0.1) is 11.8 Å². The van der Waals surface area contributed by atoms with Gasteiger partial charge in [0.1, 0.15) is 0 Å². The number of thioether (sulfide) groups is 1. The highest BCUT2D eigenvalue weighted by molar-refractivity contribution is 7.99. The molecule has 0 radical (unpaired) electrons. The molecule has 1 N–H and O–H groups in total. The lowest BCUT2D eigenvalue weighted by molar-refractivity contribution is -0.131. The predicted octanol–water partition coefficient (Wildman–Crippen LogP) is 2.42. The summed E-state index contributed by atoms with van der Waals surface area (Å²) in [6.45, 7) is 1.73. The first-order valence-corrected chi connectivity index (χ1v) is 6.48. The van der Waals surface area contributed by atoms with Crippen LogP contribution in [0.25, 0.3) is 6.08 Å². The number of hydrogen-bond donors (Lipinski definition) is 1. The summed E-state index contributed by atoms with van der Waals surface area (Å²) in [6, 6.07) is 7.95. The standard InChI is InChI=1S/C13H14O3S/c14-13(15)6-5-10-1-3-11(4-2-10)9-17-12-7-16-8-12/h1-6,12H,7-9H2,(H,14,15). The van der Waals surface area contributed by atoms with Gasteiger partial charge in [0.2, 0.25) is 0 Å². The van der Waals surface area contributed by atoms with Gasteiger partial charge in [0, 0.05) is 11.8 Å². The average Bonchev–Trinajstić information content (AvgIpc) is 2.26. The van der Waals surface area contributed by atoms with E-state index < -0.39 is 5.97 Å². The molecule has 3 nitrogen and oxygen atoms in total. The summed E-state index contributed by atoms with van der Waals surface area (Å²) < 4.78 is 5.11. The smallest absolute Gasteiger partial charge is 0.328 e. The second-order valence-electron chi connectivity index (χ2n) is 3.88. The third-order valence-electron chi connectivity index (χ3n) is 2.49. The van der Waals surface area contributed by atoms with Crippen LogP contribution < -0.4 is 0 Å². The predicted molar refractivity (Wildman–Crippen MR) is 69.0 cm³/mol. The van der Waals surface area contributed by atoms with Crippen LogP contribution in [0.4, 0.5) is 0 Å². The number of benzene rings is 1. The molecule has 1 saturated heterocycles. The van der Waals surface area contributed by atoms with Gasteiger partial charge in [-0.2, -0.15) is 0 Å². The van der Waals surface area contributed by atoms with Gasteiger partial charge in [0.05, 0.1) is 18.5 Å². The maximum Gasteiger partial charge on any atom is 0.328 e. The van der Waals surface area contributed by atoms with E-state index in [0.717, 1.165) is 30.6 Å². The Morgan fingerprint density at radius 2 is 2.12 bits per heavy atom. The van der Waals surface area contributed by atoms with Crippen LogP contribution in [0, 0.1) is 0 Å². The van der Waals surface area contributed by atoms with Crippen molar-refractivity contribution in [2.45, 2.75) is 11.0 Å². The van der Waals surface area contributed by atoms with Crippen molar-refractivity contribution >= 4 is 23.8 Å². The van der Waals surface area contributed by atoms with Gasteiger partial charge in [0.25, 0.3) is 0 Å². The fraction of sp³-hybridized carbons (Fsp3) is 0.308. The molecule has 4 heteroatoms. The third-order valence-corrected chi connectivity index (χ3v) is 3.73. The maximum atomic E-state index is 10.4. The Morgan fingerprint density at radius 1 is 1.41 bits per heavy atom. The molecule has 1 aliphatic rings. The third kappa shape index (κ3) is 3.91. The molecular weight excluding hydrogens is 236 g/mol. The molecule has 90 valence electrons. The summed E-state index contributed by atoms with van der Waals surface area (Å²) in [5.74, 6) is 0.0614. The molecule has 0 spiro atoms. The number of hydrogen-bond acceptors (Lipinski definition) is 3. The van der Waals surface area contributed by atoms with Crippen molar-refractivity contribution in [1.29, 1.82) is 0 Å². The molecule has 1 aliphatic heterocycles. The van der Waals surface area contributed by atoms with Gasteiger partial charge in [-0.25, -0.2) is 4.79 Å². The normalized spacial score (nSPS) is 16.0. The number of ether oxygens (including phenoxy) is 1. The molecule has 0 atom stereocenters. The van der Waals surface area contributed by atoms with Crippen molar-refractivity contribution in [3.05, 3.63) is 41.5 Å². The molecule has 0 amide bonds. The van der Waals surface area contributed by atoms with Crippen molar-refractivity contribution in [2.75, 3.05) is 13.2 Å². The van der Waals surface area contributed by atoms with Gasteiger partial charge in [-0.05, 0) is 17.2 Å². The SMILES string of the molecule is O=C(O)C=Cc1ccc(CSC2COC2)cc1. The molecule has 0 aromatic heterocycles. The highest BCUT2D eigenvalue weighted by atomic mass is 32.2. The molecule has 0 bridgehead atoms. The first-order valence-electron chi connectivity index (χ1n) is 5.43. The largest absolute Gasteiger partial charge is 0.478 e. The van der Waals surface area contributed by atoms with Crippen LogP contribution in [0.5, 0.6) is 0 Å². The van der Waals surface area contributed by atoms with Crippen LogP contribution in [-0.2, 0) is 15.3 Å². The summed E-state index contributed by atoms with van der Waals surface area (Å²) in [7, 11) is 0. The molecule has 2 rings (SSSR count). The number of carboxylic acid groups (broad SMARTS) is 1. The van der Waals surface area contributed by atoms with Gasteiger partial charge >= 0.3 is 5.97 Å². The number of carboxylic acids is 1. The number of rotatable bonds is 5. The molecular formula is C13H14O3S. The minimum atomic E-state index is -0.922. The van der Waals surface area contributed by atoms with E-state index in [2.05, 4.69) is 0 Å². The summed E-state index contributed by atoms with van der Waals surface area (Å²) in [5, 5.41) is 9.15. The Labute approximate surface area is 104 Å². The van der Waals surface area contributed by atoms with Gasteiger partial charge in [0.15, 0.2) is 0 Å². The maximum absolute atomic E-state index is 10.4. The lowest BCUT2D eigenvalue weighted by Gasteiger charge is -2.25. The summed E-state index contributed by atoms with van der Waals surface area (Å²) in [4.78, 5) is 10.4. The van der Waals surface area contributed by atoms with E-state index in [9.17, 15) is 4.79 Å². The number of carbonyl (C=O) groups is 1. The fourth-order valence-electron chi connectivity index (χ4n) is 1.42. The van der Waals surface area contributed by atoms with Gasteiger partial charge < -0.3 is 9.84 Å². The minimum Gasteiger partial charge on any atom is -0.478 e. The zero-order chi connectivity index (χ0) is 12.1. The van der Waals surface area contributed by atoms with Crippen molar-refractivity contribution in [2.24, 2.45) is 0 Å². The quantitative estimate of drug-likeness (QED) is 0.815. The Bertz CT molecular complexity index is 407. The van der Waals surface area contributed by atoms with E-state index in [4.69, 9.17) is 9.84 Å². The zero-order valence-electron chi connectivity index (χ0n) is 9.33. The highest BCUT2D eigenvalue weighted by Crippen LogP contribution is 2.23. The van der Waals surface area contributed by atoms with E-state index in [0.29, 0.717) is 5.25 Å². The summed E-state index contributed by atoms with van der Waals surface area (Å²) in [6.07, 6.45) is 2.74. The van der Waals surface area contributed by atoms with E-state index in [1.807, 2.05) is 36.0 Å². The Balaban J connectivity index is 1.86. The van der Waals surface area contributed by atoms with E-state index in [-0.39, 0.29) is 0 Å². The molecule has 1 heterocycles. The van der Waals surface area contributed by atoms with Crippen LogP contribution in [0.2, 0.25) is 0 Å². The minimum absolute atomic E-state index is 0.640. The first kappa shape index (κ1) is 12.2. The highest BCUT2D eigenvalue weighted by Gasteiger charge is 2.18. The lowest BCUT2D eigenvalue weighted by atomic mass is 10.1. The molecule has 1 fully saturated rings. The fourth-order valence-corrected chi connectivity index (χ4v) is 2.42.